The molecule has 1 N–H and O–H groups in total. The first kappa shape index (κ1) is 14.8. The van der Waals surface area contributed by atoms with E-state index < -0.39 is 11.8 Å². The molecule has 1 saturated carbocycles. The number of halogens is 1. The Hall–Kier alpha value is -2.77. The number of imide groups is 1. The summed E-state index contributed by atoms with van der Waals surface area (Å²) < 4.78 is 16.1. The number of ketones is 1. The summed E-state index contributed by atoms with van der Waals surface area (Å²) in [6.07, 6.45) is 0.905. The van der Waals surface area contributed by atoms with Crippen molar-refractivity contribution in [1.82, 2.24) is 15.1 Å². The van der Waals surface area contributed by atoms with Crippen LogP contribution in [0.25, 0.3) is 10.9 Å². The fourth-order valence-corrected chi connectivity index (χ4v) is 3.26. The molecule has 24 heavy (non-hydrogen) atoms. The molecule has 0 radical (unpaired) electrons. The lowest BCUT2D eigenvalue weighted by Crippen LogP contribution is -2.49. The zero-order valence-electron chi connectivity index (χ0n) is 13.0. The Kier molecular flexibility index (Phi) is 3.16. The molecule has 0 atom stereocenters. The van der Waals surface area contributed by atoms with Crippen LogP contribution in [-0.4, -0.2) is 34.0 Å². The maximum Gasteiger partial charge on any atom is 0.329 e. The molecular formula is C16H15FN4O3. The van der Waals surface area contributed by atoms with Gasteiger partial charge in [0, 0.05) is 44.2 Å². The molecular weight excluding hydrogens is 315 g/mol. The Morgan fingerprint density at radius 1 is 1.25 bits per heavy atom. The van der Waals surface area contributed by atoms with Gasteiger partial charge in [0.2, 0.25) is 5.91 Å². The molecule has 4 rings (SSSR count). The van der Waals surface area contributed by atoms with Gasteiger partial charge in [0.15, 0.2) is 5.82 Å². The van der Waals surface area contributed by atoms with Gasteiger partial charge < -0.3 is 0 Å². The summed E-state index contributed by atoms with van der Waals surface area (Å²) in [7, 11) is 1.71. The number of Topliss-reactive ketones (excluding diaryl/α,β-unsaturated/α-hetero) is 1. The number of nitrogens with zero attached hydrogens (tertiary/aromatic N) is 3. The van der Waals surface area contributed by atoms with Gasteiger partial charge in [-0.3, -0.25) is 24.5 Å². The van der Waals surface area contributed by atoms with Gasteiger partial charge in [0.05, 0.1) is 5.52 Å². The standard InChI is InChI=1S/C16H15FN4O3/c1-20-13-7-10(8-4-9(22)5-8)12(17)6-11(13)15(19-20)21-3-2-14(23)18-16(21)24/h6-8H,2-5H2,1H3,(H,18,23,24). The molecule has 1 aliphatic carbocycles. The van der Waals surface area contributed by atoms with Crippen molar-refractivity contribution >= 4 is 34.4 Å². The maximum atomic E-state index is 14.5. The third kappa shape index (κ3) is 2.17. The number of rotatable bonds is 2. The number of aromatic nitrogens is 2. The highest BCUT2D eigenvalue weighted by molar-refractivity contribution is 6.08. The number of anilines is 1. The lowest BCUT2D eigenvalue weighted by Gasteiger charge is -2.26. The number of aryl methyl sites for hydroxylation is 1. The van der Waals surface area contributed by atoms with Gasteiger partial charge >= 0.3 is 6.03 Å². The van der Waals surface area contributed by atoms with E-state index in [-0.39, 0.29) is 30.6 Å². The van der Waals surface area contributed by atoms with Gasteiger partial charge in [-0.25, -0.2) is 9.18 Å². The first-order valence-electron chi connectivity index (χ1n) is 7.73. The van der Waals surface area contributed by atoms with Crippen molar-refractivity contribution in [3.63, 3.8) is 0 Å². The van der Waals surface area contributed by atoms with E-state index in [2.05, 4.69) is 10.4 Å². The lowest BCUT2D eigenvalue weighted by atomic mass is 9.78. The molecule has 0 unspecified atom stereocenters. The number of nitrogens with one attached hydrogen (secondary N) is 1. The molecule has 2 aromatic rings. The van der Waals surface area contributed by atoms with Crippen molar-refractivity contribution in [1.29, 1.82) is 0 Å². The number of amides is 3. The first-order valence-corrected chi connectivity index (χ1v) is 7.73. The smallest absolute Gasteiger partial charge is 0.300 e. The molecule has 1 aromatic carbocycles. The van der Waals surface area contributed by atoms with E-state index in [0.29, 0.717) is 35.1 Å². The molecule has 2 fully saturated rings. The Morgan fingerprint density at radius 3 is 2.67 bits per heavy atom. The van der Waals surface area contributed by atoms with Gasteiger partial charge in [-0.05, 0) is 17.7 Å². The molecule has 1 aliphatic heterocycles. The Bertz CT molecular complexity index is 896. The minimum atomic E-state index is -0.555. The number of hydrogen-bond donors (Lipinski definition) is 1. The van der Waals surface area contributed by atoms with Crippen LogP contribution in [0.3, 0.4) is 0 Å². The van der Waals surface area contributed by atoms with Crippen LogP contribution in [0.4, 0.5) is 15.0 Å². The van der Waals surface area contributed by atoms with E-state index in [4.69, 9.17) is 0 Å². The molecule has 2 aliphatic rings. The third-order valence-electron chi connectivity index (χ3n) is 4.65. The van der Waals surface area contributed by atoms with Gasteiger partial charge in [-0.15, -0.1) is 0 Å². The van der Waals surface area contributed by atoms with Gasteiger partial charge in [-0.1, -0.05) is 0 Å². The lowest BCUT2D eigenvalue weighted by molar-refractivity contribution is -0.124. The van der Waals surface area contributed by atoms with Crippen LogP contribution in [0.2, 0.25) is 0 Å². The summed E-state index contributed by atoms with van der Waals surface area (Å²) in [6, 6.07) is 2.51. The molecule has 124 valence electrons. The normalized spacial score (nSPS) is 18.9. The van der Waals surface area contributed by atoms with Crippen LogP contribution in [-0.2, 0) is 16.6 Å². The Labute approximate surface area is 136 Å². The average molecular weight is 330 g/mol. The largest absolute Gasteiger partial charge is 0.329 e. The number of hydrogen-bond acceptors (Lipinski definition) is 4. The van der Waals surface area contributed by atoms with E-state index in [1.165, 1.54) is 11.0 Å². The van der Waals surface area contributed by atoms with Crippen molar-refractivity contribution in [2.24, 2.45) is 7.05 Å². The highest BCUT2D eigenvalue weighted by Gasteiger charge is 2.32. The molecule has 8 heteroatoms. The van der Waals surface area contributed by atoms with Gasteiger partial charge in [0.1, 0.15) is 11.6 Å². The second-order valence-electron chi connectivity index (χ2n) is 6.24. The molecule has 3 amide bonds. The summed E-state index contributed by atoms with van der Waals surface area (Å²) in [6.45, 7) is 0.206. The monoisotopic (exact) mass is 330 g/mol. The zero-order chi connectivity index (χ0) is 17.0. The zero-order valence-corrected chi connectivity index (χ0v) is 13.0. The van der Waals surface area contributed by atoms with Gasteiger partial charge in [0.25, 0.3) is 0 Å². The second kappa shape index (κ2) is 5.12. The van der Waals surface area contributed by atoms with Crippen LogP contribution < -0.4 is 10.2 Å². The fraction of sp³-hybridized carbons (Fsp3) is 0.375. The number of fused-ring (bicyclic) bond motifs is 1. The van der Waals surface area contributed by atoms with Crippen molar-refractivity contribution < 1.29 is 18.8 Å². The van der Waals surface area contributed by atoms with E-state index >= 15 is 0 Å². The average Bonchev–Trinajstić information content (AvgIpc) is 2.80. The van der Waals surface area contributed by atoms with Gasteiger partial charge in [-0.2, -0.15) is 5.10 Å². The van der Waals surface area contributed by atoms with E-state index in [9.17, 15) is 18.8 Å². The molecule has 7 nitrogen and oxygen atoms in total. The first-order chi connectivity index (χ1) is 11.4. The summed E-state index contributed by atoms with van der Waals surface area (Å²) in [5.41, 5.74) is 1.19. The van der Waals surface area contributed by atoms with E-state index in [1.807, 2.05) is 0 Å². The second-order valence-corrected chi connectivity index (χ2v) is 6.24. The number of benzene rings is 1. The van der Waals surface area contributed by atoms with Crippen LogP contribution in [0.1, 0.15) is 30.7 Å². The third-order valence-corrected chi connectivity index (χ3v) is 4.65. The van der Waals surface area contributed by atoms with Crippen LogP contribution >= 0.6 is 0 Å². The summed E-state index contributed by atoms with van der Waals surface area (Å²) >= 11 is 0. The molecule has 1 aromatic heterocycles. The minimum Gasteiger partial charge on any atom is -0.300 e. The SMILES string of the molecule is Cn1nc(N2CCC(=O)NC2=O)c2cc(F)c(C3CC(=O)C3)cc21. The fourth-order valence-electron chi connectivity index (χ4n) is 3.26. The predicted octanol–water partition coefficient (Wildman–Crippen LogP) is 1.61. The molecule has 0 spiro atoms. The van der Waals surface area contributed by atoms with Crippen molar-refractivity contribution in [2.45, 2.75) is 25.2 Å². The maximum absolute atomic E-state index is 14.5. The number of carbonyl (C=O) groups is 3. The Morgan fingerprint density at radius 2 is 2.00 bits per heavy atom. The van der Waals surface area contributed by atoms with Crippen molar-refractivity contribution in [2.75, 3.05) is 11.4 Å². The molecule has 1 saturated heterocycles. The van der Waals surface area contributed by atoms with Crippen LogP contribution in [0.15, 0.2) is 12.1 Å². The number of urea groups is 1. The minimum absolute atomic E-state index is 0.0869. The van der Waals surface area contributed by atoms with E-state index in [1.54, 1.807) is 17.8 Å². The van der Waals surface area contributed by atoms with Crippen molar-refractivity contribution in [3.05, 3.63) is 23.5 Å². The van der Waals surface area contributed by atoms with Crippen molar-refractivity contribution in [3.8, 4) is 0 Å². The van der Waals surface area contributed by atoms with Crippen LogP contribution in [0, 0.1) is 5.82 Å². The highest BCUT2D eigenvalue weighted by atomic mass is 19.1. The summed E-state index contributed by atoms with van der Waals surface area (Å²) in [5, 5.41) is 7.07. The van der Waals surface area contributed by atoms with E-state index in [0.717, 1.165) is 0 Å². The Balaban J connectivity index is 1.78. The summed E-state index contributed by atoms with van der Waals surface area (Å²) in [5.74, 6) is -0.356. The topological polar surface area (TPSA) is 84.3 Å². The van der Waals surface area contributed by atoms with Crippen LogP contribution in [0.5, 0.6) is 0 Å². The molecule has 0 bridgehead atoms. The highest BCUT2D eigenvalue weighted by Crippen LogP contribution is 2.38. The molecule has 2 heterocycles. The summed E-state index contributed by atoms with van der Waals surface area (Å²) in [4.78, 5) is 35.8. The quantitative estimate of drug-likeness (QED) is 0.906. The predicted molar refractivity (Wildman–Crippen MR) is 83.2 cm³/mol. The number of carbonyl (C=O) groups excluding carboxylic acids is 3.